The van der Waals surface area contributed by atoms with Gasteiger partial charge in [0, 0.05) is 13.2 Å². The molecular formula is C17H26O4. The number of rotatable bonds is 9. The van der Waals surface area contributed by atoms with Crippen molar-refractivity contribution in [1.82, 2.24) is 0 Å². The van der Waals surface area contributed by atoms with Gasteiger partial charge in [0.15, 0.2) is 0 Å². The van der Waals surface area contributed by atoms with Crippen LogP contribution in [0.3, 0.4) is 0 Å². The van der Waals surface area contributed by atoms with Gasteiger partial charge in [-0.3, -0.25) is 0 Å². The minimum absolute atomic E-state index is 0.338. The molecule has 0 amide bonds. The maximum Gasteiger partial charge on any atom is 0.338 e. The van der Waals surface area contributed by atoms with Crippen LogP contribution in [-0.2, 0) is 14.2 Å². The van der Waals surface area contributed by atoms with Gasteiger partial charge in [-0.25, -0.2) is 4.79 Å². The maximum atomic E-state index is 12.1. The summed E-state index contributed by atoms with van der Waals surface area (Å²) in [5.74, 6) is 0.105. The third-order valence-corrected chi connectivity index (χ3v) is 3.10. The molecule has 0 aromatic heterocycles. The van der Waals surface area contributed by atoms with E-state index < -0.39 is 0 Å². The van der Waals surface area contributed by atoms with Crippen molar-refractivity contribution in [3.05, 3.63) is 35.4 Å². The van der Waals surface area contributed by atoms with Crippen molar-refractivity contribution in [2.24, 2.45) is 0 Å². The van der Waals surface area contributed by atoms with Gasteiger partial charge >= 0.3 is 5.97 Å². The fraction of sp³-hybridized carbons (Fsp3) is 0.588. The molecule has 1 rings (SSSR count). The first-order valence-electron chi connectivity index (χ1n) is 7.54. The van der Waals surface area contributed by atoms with Gasteiger partial charge in [0.25, 0.3) is 0 Å². The van der Waals surface area contributed by atoms with Gasteiger partial charge in [-0.05, 0) is 37.5 Å². The van der Waals surface area contributed by atoms with Crippen LogP contribution in [-0.4, -0.2) is 38.5 Å². The predicted octanol–water partition coefficient (Wildman–Crippen LogP) is 3.41. The van der Waals surface area contributed by atoms with Gasteiger partial charge in [-0.15, -0.1) is 0 Å². The molecule has 4 heteroatoms. The highest BCUT2D eigenvalue weighted by Gasteiger charge is 2.16. The second-order valence-electron chi connectivity index (χ2n) is 5.12. The molecule has 0 aliphatic rings. The molecule has 118 valence electrons. The van der Waals surface area contributed by atoms with E-state index in [0.717, 1.165) is 0 Å². The summed E-state index contributed by atoms with van der Waals surface area (Å²) in [6, 6.07) is 7.52. The van der Waals surface area contributed by atoms with Crippen molar-refractivity contribution >= 4 is 5.97 Å². The Labute approximate surface area is 127 Å². The quantitative estimate of drug-likeness (QED) is 0.655. The first-order valence-corrected chi connectivity index (χ1v) is 7.54. The summed E-state index contributed by atoms with van der Waals surface area (Å²) in [5, 5.41) is 0. The Morgan fingerprint density at radius 2 is 1.52 bits per heavy atom. The van der Waals surface area contributed by atoms with Crippen molar-refractivity contribution in [3.8, 4) is 0 Å². The highest BCUT2D eigenvalue weighted by atomic mass is 16.6. The largest absolute Gasteiger partial charge is 0.454 e. The molecule has 0 atom stereocenters. The molecule has 0 heterocycles. The van der Waals surface area contributed by atoms with Crippen molar-refractivity contribution < 1.29 is 19.0 Å². The van der Waals surface area contributed by atoms with Gasteiger partial charge in [0.05, 0.1) is 18.8 Å². The second-order valence-corrected chi connectivity index (χ2v) is 5.12. The number of hydrogen-bond acceptors (Lipinski definition) is 4. The van der Waals surface area contributed by atoms with E-state index in [-0.39, 0.29) is 12.1 Å². The van der Waals surface area contributed by atoms with E-state index in [0.29, 0.717) is 37.9 Å². The van der Waals surface area contributed by atoms with Crippen LogP contribution in [0.2, 0.25) is 0 Å². The lowest BCUT2D eigenvalue weighted by atomic mass is 10.0. The zero-order valence-corrected chi connectivity index (χ0v) is 13.4. The number of carbonyl (C=O) groups excluding carboxylic acids is 1. The van der Waals surface area contributed by atoms with E-state index in [9.17, 15) is 4.79 Å². The Bertz CT molecular complexity index is 403. The summed E-state index contributed by atoms with van der Waals surface area (Å²) in [5.41, 5.74) is 1.75. The molecule has 0 aliphatic heterocycles. The molecule has 1 aromatic carbocycles. The van der Waals surface area contributed by atoms with Crippen molar-refractivity contribution in [2.75, 3.05) is 26.4 Å². The second kappa shape index (κ2) is 9.53. The van der Waals surface area contributed by atoms with E-state index in [1.54, 1.807) is 12.1 Å². The highest BCUT2D eigenvalue weighted by molar-refractivity contribution is 5.89. The average molecular weight is 294 g/mol. The molecule has 1 aromatic rings. The van der Waals surface area contributed by atoms with E-state index in [2.05, 4.69) is 13.8 Å². The average Bonchev–Trinajstić information content (AvgIpc) is 2.49. The lowest BCUT2D eigenvalue weighted by Gasteiger charge is -2.17. The van der Waals surface area contributed by atoms with Crippen LogP contribution in [0.1, 0.15) is 49.5 Å². The van der Waals surface area contributed by atoms with Crippen molar-refractivity contribution in [1.29, 1.82) is 0 Å². The zero-order valence-electron chi connectivity index (χ0n) is 13.4. The van der Waals surface area contributed by atoms with Crippen LogP contribution in [0.25, 0.3) is 0 Å². The molecule has 0 saturated carbocycles. The molecule has 0 saturated heterocycles. The van der Waals surface area contributed by atoms with Gasteiger partial charge in [0.1, 0.15) is 6.10 Å². The van der Waals surface area contributed by atoms with Gasteiger partial charge in [-0.1, -0.05) is 26.0 Å². The molecular weight excluding hydrogens is 268 g/mol. The first kappa shape index (κ1) is 17.7. The standard InChI is InChI=1S/C17H26O4/c1-5-19-11-16(12-20-6-2)21-17(18)15-9-7-14(8-10-15)13(3)4/h7-10,13,16H,5-6,11-12H2,1-4H3. The summed E-state index contributed by atoms with van der Waals surface area (Å²) < 4.78 is 16.1. The number of ether oxygens (including phenoxy) is 3. The Morgan fingerprint density at radius 3 is 1.95 bits per heavy atom. The molecule has 0 radical (unpaired) electrons. The number of hydrogen-bond donors (Lipinski definition) is 0. The minimum Gasteiger partial charge on any atom is -0.454 e. The highest BCUT2D eigenvalue weighted by Crippen LogP contribution is 2.15. The Hall–Kier alpha value is -1.39. The molecule has 21 heavy (non-hydrogen) atoms. The van der Waals surface area contributed by atoms with E-state index in [4.69, 9.17) is 14.2 Å². The summed E-state index contributed by atoms with van der Waals surface area (Å²) in [7, 11) is 0. The van der Waals surface area contributed by atoms with Gasteiger partial charge < -0.3 is 14.2 Å². The van der Waals surface area contributed by atoms with Gasteiger partial charge in [-0.2, -0.15) is 0 Å². The molecule has 4 nitrogen and oxygen atoms in total. The van der Waals surface area contributed by atoms with E-state index in [1.165, 1.54) is 5.56 Å². The summed E-state index contributed by atoms with van der Waals surface area (Å²) in [6.45, 7) is 9.93. The SMILES string of the molecule is CCOCC(COCC)OC(=O)c1ccc(C(C)C)cc1. The lowest BCUT2D eigenvalue weighted by molar-refractivity contribution is -0.0363. The van der Waals surface area contributed by atoms with Crippen LogP contribution >= 0.6 is 0 Å². The third-order valence-electron chi connectivity index (χ3n) is 3.10. The first-order chi connectivity index (χ1) is 10.1. The Balaban J connectivity index is 2.62. The van der Waals surface area contributed by atoms with Crippen LogP contribution in [0.4, 0.5) is 0 Å². The predicted molar refractivity (Wildman–Crippen MR) is 82.7 cm³/mol. The van der Waals surface area contributed by atoms with Crippen LogP contribution in [0, 0.1) is 0 Å². The number of esters is 1. The molecule has 0 unspecified atom stereocenters. The number of carbonyl (C=O) groups is 1. The molecule has 0 spiro atoms. The van der Waals surface area contributed by atoms with E-state index in [1.807, 2.05) is 26.0 Å². The smallest absolute Gasteiger partial charge is 0.338 e. The van der Waals surface area contributed by atoms with Crippen LogP contribution in [0.15, 0.2) is 24.3 Å². The van der Waals surface area contributed by atoms with Crippen LogP contribution < -0.4 is 0 Å². The minimum atomic E-state index is -0.373. The molecule has 0 aliphatic carbocycles. The van der Waals surface area contributed by atoms with Crippen LogP contribution in [0.5, 0.6) is 0 Å². The summed E-state index contributed by atoms with van der Waals surface area (Å²) in [4.78, 5) is 12.1. The molecule has 0 N–H and O–H groups in total. The van der Waals surface area contributed by atoms with Crippen molar-refractivity contribution in [3.63, 3.8) is 0 Å². The summed E-state index contributed by atoms with van der Waals surface area (Å²) >= 11 is 0. The van der Waals surface area contributed by atoms with E-state index >= 15 is 0 Å². The molecule has 0 bridgehead atoms. The van der Waals surface area contributed by atoms with Gasteiger partial charge in [0.2, 0.25) is 0 Å². The third kappa shape index (κ3) is 6.27. The fourth-order valence-corrected chi connectivity index (χ4v) is 1.84. The Morgan fingerprint density at radius 1 is 1.00 bits per heavy atom. The Kier molecular flexibility index (Phi) is 8.01. The normalized spacial score (nSPS) is 11.1. The topological polar surface area (TPSA) is 44.8 Å². The zero-order chi connectivity index (χ0) is 15.7. The molecule has 0 fully saturated rings. The fourth-order valence-electron chi connectivity index (χ4n) is 1.84. The maximum absolute atomic E-state index is 12.1. The summed E-state index contributed by atoms with van der Waals surface area (Å²) in [6.07, 6.45) is -0.373. The number of benzene rings is 1. The monoisotopic (exact) mass is 294 g/mol. The lowest BCUT2D eigenvalue weighted by Crippen LogP contribution is -2.28. The van der Waals surface area contributed by atoms with Crippen molar-refractivity contribution in [2.45, 2.75) is 39.7 Å².